The van der Waals surface area contributed by atoms with Crippen LogP contribution in [0.4, 0.5) is 0 Å². The maximum atomic E-state index is 12.2. The van der Waals surface area contributed by atoms with E-state index in [0.29, 0.717) is 0 Å². The van der Waals surface area contributed by atoms with Gasteiger partial charge in [0.2, 0.25) is 0 Å². The average Bonchev–Trinajstić information content (AvgIpc) is 3.10. The van der Waals surface area contributed by atoms with E-state index in [1.807, 2.05) is 0 Å². The Hall–Kier alpha value is -3.48. The smallest absolute Gasteiger partial charge is 0.358 e. The number of aromatic nitrogens is 2. The van der Waals surface area contributed by atoms with Gasteiger partial charge in [-0.3, -0.25) is 19.2 Å². The van der Waals surface area contributed by atoms with Crippen LogP contribution in [0.5, 0.6) is 0 Å². The lowest BCUT2D eigenvalue weighted by molar-refractivity contribution is -0.268. The number of carbonyl (C=O) groups excluding carboxylic acids is 5. The van der Waals surface area contributed by atoms with Crippen molar-refractivity contribution in [2.24, 2.45) is 0 Å². The van der Waals surface area contributed by atoms with Crippen LogP contribution in [0.2, 0.25) is 0 Å². The normalized spacial score (nSPS) is 24.0. The molecule has 0 amide bonds. The standard InChI is InChI=1S/C21H28N2O11/c1-7-29-21(28)15-8-23(10(2)22-15)20-19(33-14(6)27)18(32-13(5)26)17(31-12(4)25)16(34-20)9-30-11(3)24/h8,16-20H,7,9H2,1-6H3/t16-,17-,18+,19-,20-/m1/s1. The van der Waals surface area contributed by atoms with Crippen LogP contribution >= 0.6 is 0 Å². The van der Waals surface area contributed by atoms with E-state index in [1.54, 1.807) is 13.8 Å². The third-order valence-electron chi connectivity index (χ3n) is 4.64. The molecule has 0 spiro atoms. The Balaban J connectivity index is 2.58. The summed E-state index contributed by atoms with van der Waals surface area (Å²) in [5, 5.41) is 0. The molecule has 0 radical (unpaired) electrons. The second-order valence-electron chi connectivity index (χ2n) is 7.39. The molecule has 1 aromatic heterocycles. The molecule has 5 atom stereocenters. The van der Waals surface area contributed by atoms with Gasteiger partial charge in [0.15, 0.2) is 30.2 Å². The fourth-order valence-electron chi connectivity index (χ4n) is 3.48. The Kier molecular flexibility index (Phi) is 9.12. The molecule has 0 aliphatic carbocycles. The second kappa shape index (κ2) is 11.6. The number of ether oxygens (including phenoxy) is 6. The Morgan fingerprint density at radius 2 is 1.44 bits per heavy atom. The summed E-state index contributed by atoms with van der Waals surface area (Å²) in [6.45, 7) is 7.54. The molecule has 1 aliphatic rings. The van der Waals surface area contributed by atoms with Crippen molar-refractivity contribution < 1.29 is 52.4 Å². The van der Waals surface area contributed by atoms with Gasteiger partial charge in [0.25, 0.3) is 0 Å². The SMILES string of the molecule is CCOC(=O)c1cn([C@@H]2O[C@H](COC(C)=O)[C@@H](OC(C)=O)[C@H](OC(C)=O)[C@H]2OC(C)=O)c(C)n1. The highest BCUT2D eigenvalue weighted by Crippen LogP contribution is 2.35. The van der Waals surface area contributed by atoms with Gasteiger partial charge in [0, 0.05) is 33.9 Å². The van der Waals surface area contributed by atoms with Crippen LogP contribution in [-0.4, -0.2) is 77.0 Å². The molecular formula is C21H28N2O11. The van der Waals surface area contributed by atoms with Crippen molar-refractivity contribution >= 4 is 29.8 Å². The van der Waals surface area contributed by atoms with Crippen molar-refractivity contribution in [2.75, 3.05) is 13.2 Å². The van der Waals surface area contributed by atoms with Gasteiger partial charge in [0.1, 0.15) is 18.5 Å². The zero-order chi connectivity index (χ0) is 25.6. The van der Waals surface area contributed by atoms with Gasteiger partial charge in [0.05, 0.1) is 6.61 Å². The van der Waals surface area contributed by atoms with Gasteiger partial charge < -0.3 is 33.0 Å². The first-order chi connectivity index (χ1) is 15.9. The lowest BCUT2D eigenvalue weighted by Crippen LogP contribution is -2.60. The molecule has 13 nitrogen and oxygen atoms in total. The molecule has 13 heteroatoms. The molecule has 0 saturated carbocycles. The van der Waals surface area contributed by atoms with Crippen LogP contribution in [0.3, 0.4) is 0 Å². The van der Waals surface area contributed by atoms with Crippen LogP contribution in [-0.2, 0) is 47.6 Å². The second-order valence-corrected chi connectivity index (χ2v) is 7.39. The van der Waals surface area contributed by atoms with Gasteiger partial charge >= 0.3 is 29.8 Å². The molecule has 0 bridgehead atoms. The zero-order valence-corrected chi connectivity index (χ0v) is 19.8. The first kappa shape index (κ1) is 26.8. The summed E-state index contributed by atoms with van der Waals surface area (Å²) in [5.74, 6) is -3.25. The van der Waals surface area contributed by atoms with Gasteiger partial charge in [-0.2, -0.15) is 0 Å². The summed E-state index contributed by atoms with van der Waals surface area (Å²) >= 11 is 0. The molecule has 0 aromatic carbocycles. The van der Waals surface area contributed by atoms with Crippen LogP contribution in [0.1, 0.15) is 57.2 Å². The van der Waals surface area contributed by atoms with Gasteiger partial charge in [-0.05, 0) is 13.8 Å². The third kappa shape index (κ3) is 6.76. The largest absolute Gasteiger partial charge is 0.463 e. The van der Waals surface area contributed by atoms with Crippen LogP contribution in [0.25, 0.3) is 0 Å². The van der Waals surface area contributed by atoms with Gasteiger partial charge in [-0.15, -0.1) is 0 Å². The van der Waals surface area contributed by atoms with Crippen molar-refractivity contribution in [2.45, 2.75) is 72.2 Å². The summed E-state index contributed by atoms with van der Waals surface area (Å²) < 4.78 is 33.6. The highest BCUT2D eigenvalue weighted by Gasteiger charge is 2.53. The molecule has 2 rings (SSSR count). The van der Waals surface area contributed by atoms with Crippen molar-refractivity contribution in [3.8, 4) is 0 Å². The maximum Gasteiger partial charge on any atom is 0.358 e. The van der Waals surface area contributed by atoms with Crippen molar-refractivity contribution in [3.05, 3.63) is 17.7 Å². The number of aryl methyl sites for hydroxylation is 1. The summed E-state index contributed by atoms with van der Waals surface area (Å²) in [5.41, 5.74) is -0.0350. The first-order valence-corrected chi connectivity index (χ1v) is 10.5. The van der Waals surface area contributed by atoms with Crippen molar-refractivity contribution in [1.29, 1.82) is 0 Å². The Morgan fingerprint density at radius 1 is 0.882 bits per heavy atom. The minimum atomic E-state index is -1.34. The van der Waals surface area contributed by atoms with E-state index in [4.69, 9.17) is 28.4 Å². The monoisotopic (exact) mass is 484 g/mol. The van der Waals surface area contributed by atoms with Crippen LogP contribution in [0.15, 0.2) is 6.20 Å². The minimum Gasteiger partial charge on any atom is -0.463 e. The van der Waals surface area contributed by atoms with E-state index in [1.165, 1.54) is 17.7 Å². The fourth-order valence-corrected chi connectivity index (χ4v) is 3.48. The van der Waals surface area contributed by atoms with E-state index in [-0.39, 0.29) is 24.7 Å². The quantitative estimate of drug-likeness (QED) is 0.375. The predicted molar refractivity (Wildman–Crippen MR) is 110 cm³/mol. The molecule has 0 N–H and O–H groups in total. The molecule has 1 fully saturated rings. The predicted octanol–water partition coefficient (Wildman–Crippen LogP) is 0.624. The summed E-state index contributed by atoms with van der Waals surface area (Å²) in [6.07, 6.45) is -4.93. The molecule has 188 valence electrons. The topological polar surface area (TPSA) is 159 Å². The number of rotatable bonds is 8. The van der Waals surface area contributed by atoms with E-state index in [9.17, 15) is 24.0 Å². The highest BCUT2D eigenvalue weighted by atomic mass is 16.7. The minimum absolute atomic E-state index is 0.0350. The van der Waals surface area contributed by atoms with Gasteiger partial charge in [-0.25, -0.2) is 9.78 Å². The lowest BCUT2D eigenvalue weighted by Gasteiger charge is -2.44. The van der Waals surface area contributed by atoms with E-state index < -0.39 is 60.5 Å². The number of esters is 5. The van der Waals surface area contributed by atoms with Crippen molar-refractivity contribution in [1.82, 2.24) is 9.55 Å². The Labute approximate surface area is 195 Å². The number of imidazole rings is 1. The number of nitrogens with zero attached hydrogens (tertiary/aromatic N) is 2. The first-order valence-electron chi connectivity index (χ1n) is 10.5. The number of carbonyl (C=O) groups is 5. The van der Waals surface area contributed by atoms with Crippen LogP contribution < -0.4 is 0 Å². The molecular weight excluding hydrogens is 456 g/mol. The molecule has 2 heterocycles. The maximum absolute atomic E-state index is 12.2. The third-order valence-corrected chi connectivity index (χ3v) is 4.64. The molecule has 34 heavy (non-hydrogen) atoms. The molecule has 1 saturated heterocycles. The molecule has 1 aliphatic heterocycles. The number of hydrogen-bond acceptors (Lipinski definition) is 12. The van der Waals surface area contributed by atoms with Crippen LogP contribution in [0, 0.1) is 6.92 Å². The van der Waals surface area contributed by atoms with Gasteiger partial charge in [-0.1, -0.05) is 0 Å². The lowest BCUT2D eigenvalue weighted by atomic mass is 9.97. The summed E-state index contributed by atoms with van der Waals surface area (Å²) in [6, 6.07) is 0. The van der Waals surface area contributed by atoms with E-state index in [2.05, 4.69) is 4.98 Å². The average molecular weight is 484 g/mol. The summed E-state index contributed by atoms with van der Waals surface area (Å²) in [7, 11) is 0. The Bertz CT molecular complexity index is 941. The van der Waals surface area contributed by atoms with Crippen molar-refractivity contribution in [3.63, 3.8) is 0 Å². The fraction of sp³-hybridized carbons (Fsp3) is 0.619. The van der Waals surface area contributed by atoms with E-state index >= 15 is 0 Å². The number of hydrogen-bond donors (Lipinski definition) is 0. The molecule has 1 aromatic rings. The Morgan fingerprint density at radius 3 is 1.97 bits per heavy atom. The zero-order valence-electron chi connectivity index (χ0n) is 19.8. The summed E-state index contributed by atoms with van der Waals surface area (Å²) in [4.78, 5) is 63.4. The highest BCUT2D eigenvalue weighted by molar-refractivity contribution is 5.87. The molecule has 0 unspecified atom stereocenters. The van der Waals surface area contributed by atoms with E-state index in [0.717, 1.165) is 20.8 Å².